The lowest BCUT2D eigenvalue weighted by Gasteiger charge is -2.12. The molecule has 1 aromatic carbocycles. The third-order valence-electron chi connectivity index (χ3n) is 4.95. The monoisotopic (exact) mass is 556 g/mol. The quantitative estimate of drug-likeness (QED) is 0.316. The van der Waals surface area contributed by atoms with E-state index >= 15 is 0 Å². The third kappa shape index (κ3) is 9.29. The number of nitrogens with zero attached hydrogens (tertiary/aromatic N) is 3. The molecule has 2 aromatic heterocycles. The molecule has 0 bridgehead atoms. The Labute approximate surface area is 231 Å². The molecular weight excluding hydrogens is 519 g/mol. The van der Waals surface area contributed by atoms with Gasteiger partial charge in [-0.25, -0.2) is 14.1 Å². The van der Waals surface area contributed by atoms with Crippen LogP contribution in [0.4, 0.5) is 10.2 Å². The molecule has 1 atom stereocenters. The summed E-state index contributed by atoms with van der Waals surface area (Å²) in [4.78, 5) is 28.3. The number of benzene rings is 1. The summed E-state index contributed by atoms with van der Waals surface area (Å²) < 4.78 is 26.9. The van der Waals surface area contributed by atoms with Gasteiger partial charge in [0, 0.05) is 23.9 Å². The number of allylic oxidation sites excluding steroid dienone is 1. The van der Waals surface area contributed by atoms with Crippen molar-refractivity contribution in [3.05, 3.63) is 77.9 Å². The first-order chi connectivity index (χ1) is 18.1. The van der Waals surface area contributed by atoms with Crippen molar-refractivity contribution in [3.8, 4) is 5.69 Å². The number of primary amides is 1. The molecule has 11 heteroatoms. The van der Waals surface area contributed by atoms with Gasteiger partial charge in [0.15, 0.2) is 0 Å². The Hall–Kier alpha value is -4.12. The zero-order valence-electron chi connectivity index (χ0n) is 22.0. The Kier molecular flexibility index (Phi) is 13.5. The minimum absolute atomic E-state index is 0. The van der Waals surface area contributed by atoms with Crippen molar-refractivity contribution in [3.63, 3.8) is 0 Å². The second kappa shape index (κ2) is 16.0. The van der Waals surface area contributed by atoms with Gasteiger partial charge in [0.2, 0.25) is 5.91 Å². The zero-order chi connectivity index (χ0) is 28.2. The number of amides is 2. The fourth-order valence-corrected chi connectivity index (χ4v) is 3.86. The largest absolute Gasteiger partial charge is 0.368 e. The molecule has 0 saturated heterocycles. The van der Waals surface area contributed by atoms with E-state index in [4.69, 9.17) is 5.73 Å². The number of carbonyl (C=O) groups is 2. The maximum Gasteiger partial charge on any atom is 0.251 e. The average Bonchev–Trinajstić information content (AvgIpc) is 3.31. The van der Waals surface area contributed by atoms with Crippen LogP contribution in [0, 0.1) is 5.82 Å². The van der Waals surface area contributed by atoms with E-state index in [1.165, 1.54) is 24.8 Å². The van der Waals surface area contributed by atoms with Crippen LogP contribution in [0.15, 0.2) is 60.3 Å². The number of nitrogens with one attached hydrogen (secondary N) is 2. The number of aromatic nitrogens is 3. The summed E-state index contributed by atoms with van der Waals surface area (Å²) in [6.07, 6.45) is 7.51. The van der Waals surface area contributed by atoms with E-state index in [0.717, 1.165) is 0 Å². The smallest absolute Gasteiger partial charge is 0.251 e. The molecule has 2 heterocycles. The van der Waals surface area contributed by atoms with Crippen molar-refractivity contribution in [2.75, 3.05) is 18.1 Å². The van der Waals surface area contributed by atoms with Crippen LogP contribution in [-0.2, 0) is 26.9 Å². The van der Waals surface area contributed by atoms with Gasteiger partial charge < -0.3 is 16.4 Å². The number of carbonyl (C=O) groups excluding carboxylic acids is 2. The van der Waals surface area contributed by atoms with Gasteiger partial charge in [-0.1, -0.05) is 40.3 Å². The number of rotatable bonds is 10. The lowest BCUT2D eigenvalue weighted by Crippen LogP contribution is -2.25. The maximum absolute atomic E-state index is 13.3. The van der Waals surface area contributed by atoms with E-state index in [1.54, 1.807) is 54.2 Å². The van der Waals surface area contributed by atoms with Crippen molar-refractivity contribution >= 4 is 40.1 Å². The first-order valence-electron chi connectivity index (χ1n) is 11.9. The molecule has 0 saturated carbocycles. The van der Waals surface area contributed by atoms with E-state index in [-0.39, 0.29) is 32.2 Å². The fourth-order valence-electron chi connectivity index (χ4n) is 3.31. The molecule has 1 unspecified atom stereocenters. The third-order valence-corrected chi connectivity index (χ3v) is 5.75. The van der Waals surface area contributed by atoms with Crippen molar-refractivity contribution in [2.45, 2.75) is 46.2 Å². The minimum atomic E-state index is -1.38. The van der Waals surface area contributed by atoms with Crippen LogP contribution < -0.4 is 16.4 Å². The second-order valence-electron chi connectivity index (χ2n) is 8.10. The maximum atomic E-state index is 13.3. The molecule has 4 N–H and O–H groups in total. The van der Waals surface area contributed by atoms with Gasteiger partial charge in [-0.3, -0.25) is 13.8 Å². The van der Waals surface area contributed by atoms with Gasteiger partial charge in [0.1, 0.15) is 16.7 Å². The SMILES string of the molecule is C.C=Cc1c(/C(=C\C)C(=O)NCc2cc(NCC(N)=O)nc(S(C)=O)c2)cnn1-c1ccc(F)cc1.CCC. The zero-order valence-corrected chi connectivity index (χ0v) is 22.8. The van der Waals surface area contributed by atoms with Crippen LogP contribution in [0.25, 0.3) is 17.3 Å². The van der Waals surface area contributed by atoms with E-state index in [0.29, 0.717) is 38.9 Å². The van der Waals surface area contributed by atoms with Gasteiger partial charge in [-0.2, -0.15) is 5.10 Å². The number of halogens is 1. The normalized spacial score (nSPS) is 11.4. The molecule has 0 aliphatic heterocycles. The van der Waals surface area contributed by atoms with E-state index < -0.39 is 16.7 Å². The summed E-state index contributed by atoms with van der Waals surface area (Å²) in [5.41, 5.74) is 7.92. The van der Waals surface area contributed by atoms with Gasteiger partial charge >= 0.3 is 0 Å². The molecule has 0 aliphatic rings. The van der Waals surface area contributed by atoms with Crippen LogP contribution in [0.1, 0.15) is 51.4 Å². The summed E-state index contributed by atoms with van der Waals surface area (Å²) in [5, 5.41) is 10.3. The molecule has 39 heavy (non-hydrogen) atoms. The summed E-state index contributed by atoms with van der Waals surface area (Å²) in [6, 6.07) is 9.06. The number of anilines is 1. The molecule has 2 amide bonds. The van der Waals surface area contributed by atoms with Crippen LogP contribution in [0.2, 0.25) is 0 Å². The summed E-state index contributed by atoms with van der Waals surface area (Å²) in [7, 11) is -1.38. The number of hydrogen-bond acceptors (Lipinski definition) is 6. The number of pyridine rings is 1. The molecule has 0 aliphatic carbocycles. The van der Waals surface area contributed by atoms with E-state index in [1.807, 2.05) is 0 Å². The molecule has 0 fully saturated rings. The van der Waals surface area contributed by atoms with Gasteiger partial charge in [-0.05, 0) is 55.0 Å². The lowest BCUT2D eigenvalue weighted by molar-refractivity contribution is -0.116. The number of nitrogens with two attached hydrogens (primary N) is 1. The van der Waals surface area contributed by atoms with Crippen molar-refractivity contribution in [2.24, 2.45) is 5.73 Å². The Bertz CT molecular complexity index is 1340. The predicted octanol–water partition coefficient (Wildman–Crippen LogP) is 4.46. The standard InChI is InChI=1S/C24H25FN6O3S.C3H8.CH4/c1-4-18(19-13-29-31(20(19)5-2)17-8-6-16(25)7-9-17)24(33)28-12-15-10-22(27-14-21(26)32)30-23(11-15)35(3)34;1-3-2;/h4-11,13H,2,12,14H2,1,3H3,(H2,26,32)(H,27,30)(H,28,33);3H2,1-2H3;1H4/b18-4+;;. The fraction of sp³-hybridized carbons (Fsp3) is 0.286. The molecule has 210 valence electrons. The highest BCUT2D eigenvalue weighted by Gasteiger charge is 2.19. The van der Waals surface area contributed by atoms with Crippen LogP contribution >= 0.6 is 0 Å². The van der Waals surface area contributed by atoms with Crippen molar-refractivity contribution in [1.29, 1.82) is 0 Å². The number of hydrogen-bond donors (Lipinski definition) is 3. The molecule has 3 aromatic rings. The minimum Gasteiger partial charge on any atom is -0.368 e. The first-order valence-corrected chi connectivity index (χ1v) is 13.5. The topological polar surface area (TPSA) is 132 Å². The highest BCUT2D eigenvalue weighted by atomic mass is 32.2. The second-order valence-corrected chi connectivity index (χ2v) is 9.43. The molecule has 0 radical (unpaired) electrons. The summed E-state index contributed by atoms with van der Waals surface area (Å²) in [5.74, 6) is -0.978. The molecule has 9 nitrogen and oxygen atoms in total. The lowest BCUT2D eigenvalue weighted by atomic mass is 10.1. The predicted molar refractivity (Wildman–Crippen MR) is 156 cm³/mol. The average molecular weight is 557 g/mol. The summed E-state index contributed by atoms with van der Waals surface area (Å²) in [6.45, 7) is 9.79. The van der Waals surface area contributed by atoms with Gasteiger partial charge in [0.25, 0.3) is 5.91 Å². The van der Waals surface area contributed by atoms with Crippen LogP contribution in [-0.4, -0.2) is 43.6 Å². The highest BCUT2D eigenvalue weighted by Crippen LogP contribution is 2.24. The van der Waals surface area contributed by atoms with Crippen LogP contribution in [0.3, 0.4) is 0 Å². The van der Waals surface area contributed by atoms with Crippen molar-refractivity contribution < 1.29 is 18.2 Å². The molecule has 0 spiro atoms. The Morgan fingerprint density at radius 3 is 2.38 bits per heavy atom. The van der Waals surface area contributed by atoms with E-state index in [2.05, 4.69) is 41.1 Å². The Balaban J connectivity index is 0.00000181. The molecule has 3 rings (SSSR count). The Morgan fingerprint density at radius 2 is 1.85 bits per heavy atom. The van der Waals surface area contributed by atoms with Gasteiger partial charge in [-0.15, -0.1) is 0 Å². The summed E-state index contributed by atoms with van der Waals surface area (Å²) >= 11 is 0. The Morgan fingerprint density at radius 1 is 1.21 bits per heavy atom. The van der Waals surface area contributed by atoms with Gasteiger partial charge in [0.05, 0.1) is 34.9 Å². The first kappa shape index (κ1) is 32.9. The molecular formula is C28H37FN6O3S. The van der Waals surface area contributed by atoms with E-state index in [9.17, 15) is 18.2 Å². The highest BCUT2D eigenvalue weighted by molar-refractivity contribution is 7.84. The van der Waals surface area contributed by atoms with Crippen LogP contribution in [0.5, 0.6) is 0 Å². The van der Waals surface area contributed by atoms with Crippen molar-refractivity contribution in [1.82, 2.24) is 20.1 Å².